The Morgan fingerprint density at radius 1 is 1.53 bits per heavy atom. The molecule has 4 heteroatoms. The van der Waals surface area contributed by atoms with E-state index in [9.17, 15) is 9.50 Å². The monoisotopic (exact) mass is 239 g/mol. The highest BCUT2D eigenvalue weighted by Gasteiger charge is 2.37. The zero-order valence-electron chi connectivity index (χ0n) is 10.0. The first-order valence-corrected chi connectivity index (χ1v) is 5.87. The van der Waals surface area contributed by atoms with E-state index in [1.54, 1.807) is 13.2 Å². The van der Waals surface area contributed by atoms with Crippen molar-refractivity contribution in [3.05, 3.63) is 35.1 Å². The van der Waals surface area contributed by atoms with Crippen molar-refractivity contribution in [1.29, 1.82) is 0 Å². The van der Waals surface area contributed by atoms with Gasteiger partial charge in [0.2, 0.25) is 0 Å². The third-order valence-corrected chi connectivity index (χ3v) is 3.31. The fourth-order valence-corrected chi connectivity index (χ4v) is 2.37. The highest BCUT2D eigenvalue weighted by atomic mass is 19.1. The fourth-order valence-electron chi connectivity index (χ4n) is 2.37. The smallest absolute Gasteiger partial charge is 0.126 e. The Labute approximate surface area is 101 Å². The van der Waals surface area contributed by atoms with Gasteiger partial charge in [0, 0.05) is 20.2 Å². The molecular formula is C13H18FNO2. The molecule has 1 aliphatic carbocycles. The van der Waals surface area contributed by atoms with Crippen molar-refractivity contribution in [3.63, 3.8) is 0 Å². The van der Waals surface area contributed by atoms with Crippen LogP contribution in [0.3, 0.4) is 0 Å². The van der Waals surface area contributed by atoms with E-state index >= 15 is 0 Å². The molecule has 0 radical (unpaired) electrons. The normalized spacial score (nSPS) is 22.8. The Kier molecular flexibility index (Phi) is 3.76. The number of nitrogens with one attached hydrogen (secondary N) is 1. The van der Waals surface area contributed by atoms with Crippen molar-refractivity contribution in [2.45, 2.75) is 18.4 Å². The molecule has 0 bridgehead atoms. The van der Waals surface area contributed by atoms with Crippen LogP contribution in [0.2, 0.25) is 0 Å². The third kappa shape index (κ3) is 2.49. The molecule has 17 heavy (non-hydrogen) atoms. The first-order chi connectivity index (χ1) is 8.17. The van der Waals surface area contributed by atoms with Crippen molar-refractivity contribution in [2.24, 2.45) is 0 Å². The number of methoxy groups -OCH3 is 1. The molecule has 1 atom stereocenters. The van der Waals surface area contributed by atoms with E-state index in [4.69, 9.17) is 4.74 Å². The Hall–Kier alpha value is -0.970. The van der Waals surface area contributed by atoms with Crippen LogP contribution in [0.4, 0.5) is 4.39 Å². The van der Waals surface area contributed by atoms with Crippen molar-refractivity contribution < 1.29 is 14.2 Å². The van der Waals surface area contributed by atoms with E-state index in [1.165, 1.54) is 6.07 Å². The summed E-state index contributed by atoms with van der Waals surface area (Å²) in [6, 6.07) is 4.91. The molecule has 0 saturated carbocycles. The van der Waals surface area contributed by atoms with E-state index in [1.807, 2.05) is 6.07 Å². The second-order valence-corrected chi connectivity index (χ2v) is 4.47. The van der Waals surface area contributed by atoms with Crippen LogP contribution in [0, 0.1) is 5.82 Å². The number of rotatable bonds is 5. The standard InChI is InChI=1S/C13H18FNO2/c1-17-8-7-15-9-13(16)6-5-10-11(13)3-2-4-12(10)14/h2-4,15-16H,5-9H2,1H3. The highest BCUT2D eigenvalue weighted by Crippen LogP contribution is 2.37. The summed E-state index contributed by atoms with van der Waals surface area (Å²) >= 11 is 0. The van der Waals surface area contributed by atoms with E-state index in [2.05, 4.69) is 5.32 Å². The molecule has 0 aliphatic heterocycles. The lowest BCUT2D eigenvalue weighted by atomic mass is 9.96. The first-order valence-electron chi connectivity index (χ1n) is 5.87. The van der Waals surface area contributed by atoms with Crippen molar-refractivity contribution in [2.75, 3.05) is 26.8 Å². The van der Waals surface area contributed by atoms with E-state index in [0.717, 1.165) is 5.56 Å². The second-order valence-electron chi connectivity index (χ2n) is 4.47. The van der Waals surface area contributed by atoms with Gasteiger partial charge in [0.15, 0.2) is 0 Å². The Morgan fingerprint density at radius 3 is 3.12 bits per heavy atom. The van der Waals surface area contributed by atoms with Gasteiger partial charge in [-0.1, -0.05) is 12.1 Å². The molecule has 0 fully saturated rings. The van der Waals surface area contributed by atoms with Crippen molar-refractivity contribution >= 4 is 0 Å². The molecule has 2 N–H and O–H groups in total. The SMILES string of the molecule is COCCNCC1(O)CCc2c(F)cccc21. The number of hydrogen-bond donors (Lipinski definition) is 2. The lowest BCUT2D eigenvalue weighted by Gasteiger charge is -2.24. The molecule has 0 aromatic heterocycles. The van der Waals surface area contributed by atoms with E-state index in [-0.39, 0.29) is 5.82 Å². The van der Waals surface area contributed by atoms with Gasteiger partial charge in [-0.3, -0.25) is 0 Å². The molecule has 1 unspecified atom stereocenters. The molecule has 0 saturated heterocycles. The average molecular weight is 239 g/mol. The van der Waals surface area contributed by atoms with Gasteiger partial charge in [-0.25, -0.2) is 4.39 Å². The van der Waals surface area contributed by atoms with Crippen LogP contribution >= 0.6 is 0 Å². The first kappa shape index (κ1) is 12.5. The van der Waals surface area contributed by atoms with Crippen LogP contribution in [0.5, 0.6) is 0 Å². The Bertz CT molecular complexity index is 397. The van der Waals surface area contributed by atoms with Crippen molar-refractivity contribution in [3.8, 4) is 0 Å². The lowest BCUT2D eigenvalue weighted by molar-refractivity contribution is 0.0371. The van der Waals surface area contributed by atoms with Crippen LogP contribution in [0.1, 0.15) is 17.5 Å². The summed E-state index contributed by atoms with van der Waals surface area (Å²) in [6.07, 6.45) is 1.17. The average Bonchev–Trinajstić information content (AvgIpc) is 2.65. The largest absolute Gasteiger partial charge is 0.384 e. The lowest BCUT2D eigenvalue weighted by Crippen LogP contribution is -2.37. The second kappa shape index (κ2) is 5.12. The van der Waals surface area contributed by atoms with Gasteiger partial charge >= 0.3 is 0 Å². The zero-order valence-corrected chi connectivity index (χ0v) is 10.0. The highest BCUT2D eigenvalue weighted by molar-refractivity contribution is 5.38. The summed E-state index contributed by atoms with van der Waals surface area (Å²) in [7, 11) is 1.64. The van der Waals surface area contributed by atoms with Crippen LogP contribution in [0.15, 0.2) is 18.2 Å². The summed E-state index contributed by atoms with van der Waals surface area (Å²) < 4.78 is 18.4. The minimum atomic E-state index is -0.939. The van der Waals surface area contributed by atoms with Gasteiger partial charge < -0.3 is 15.2 Å². The summed E-state index contributed by atoms with van der Waals surface area (Å²) in [5.41, 5.74) is 0.441. The zero-order chi connectivity index (χ0) is 12.3. The fraction of sp³-hybridized carbons (Fsp3) is 0.538. The molecule has 1 aliphatic rings. The summed E-state index contributed by atoms with van der Waals surface area (Å²) in [6.45, 7) is 1.72. The Morgan fingerprint density at radius 2 is 2.35 bits per heavy atom. The molecule has 2 rings (SSSR count). The Balaban J connectivity index is 2.06. The molecular weight excluding hydrogens is 221 g/mol. The van der Waals surface area contributed by atoms with Gasteiger partial charge in [-0.05, 0) is 30.0 Å². The summed E-state index contributed by atoms with van der Waals surface area (Å²) in [4.78, 5) is 0. The predicted octanol–water partition coefficient (Wildman–Crippen LogP) is 1.20. The number of halogens is 1. The van der Waals surface area contributed by atoms with Gasteiger partial charge in [-0.2, -0.15) is 0 Å². The summed E-state index contributed by atoms with van der Waals surface area (Å²) in [5, 5.41) is 13.6. The van der Waals surface area contributed by atoms with Crippen LogP contribution in [0.25, 0.3) is 0 Å². The molecule has 0 heterocycles. The van der Waals surface area contributed by atoms with E-state index < -0.39 is 5.60 Å². The number of benzene rings is 1. The quantitative estimate of drug-likeness (QED) is 0.759. The number of fused-ring (bicyclic) bond motifs is 1. The number of aliphatic hydroxyl groups is 1. The van der Waals surface area contributed by atoms with Crippen LogP contribution < -0.4 is 5.32 Å². The number of ether oxygens (including phenoxy) is 1. The predicted molar refractivity (Wildman–Crippen MR) is 63.4 cm³/mol. The maximum atomic E-state index is 13.5. The van der Waals surface area contributed by atoms with Gasteiger partial charge in [0.1, 0.15) is 11.4 Å². The van der Waals surface area contributed by atoms with Gasteiger partial charge in [0.05, 0.1) is 6.61 Å². The summed E-state index contributed by atoms with van der Waals surface area (Å²) in [5.74, 6) is -0.213. The van der Waals surface area contributed by atoms with Crippen LogP contribution in [-0.4, -0.2) is 31.9 Å². The minimum Gasteiger partial charge on any atom is -0.384 e. The van der Waals surface area contributed by atoms with Gasteiger partial charge in [-0.15, -0.1) is 0 Å². The topological polar surface area (TPSA) is 41.5 Å². The third-order valence-electron chi connectivity index (χ3n) is 3.31. The molecule has 0 spiro atoms. The molecule has 3 nitrogen and oxygen atoms in total. The maximum absolute atomic E-state index is 13.5. The van der Waals surface area contributed by atoms with Gasteiger partial charge in [0.25, 0.3) is 0 Å². The molecule has 0 amide bonds. The van der Waals surface area contributed by atoms with E-state index in [0.29, 0.717) is 38.1 Å². The number of hydrogen-bond acceptors (Lipinski definition) is 3. The van der Waals surface area contributed by atoms with Crippen LogP contribution in [-0.2, 0) is 16.8 Å². The molecule has 94 valence electrons. The molecule has 1 aromatic rings. The molecule has 1 aromatic carbocycles. The van der Waals surface area contributed by atoms with Crippen molar-refractivity contribution in [1.82, 2.24) is 5.32 Å². The maximum Gasteiger partial charge on any atom is 0.126 e. The minimum absolute atomic E-state index is 0.213.